The molecule has 2 amide bonds. The molecule has 31 heavy (non-hydrogen) atoms. The summed E-state index contributed by atoms with van der Waals surface area (Å²) in [4.78, 5) is 27.6. The predicted octanol–water partition coefficient (Wildman–Crippen LogP) is 2.89. The fourth-order valence-corrected chi connectivity index (χ4v) is 5.02. The minimum atomic E-state index is -0.0224. The van der Waals surface area contributed by atoms with Crippen LogP contribution >= 0.6 is 0 Å². The van der Waals surface area contributed by atoms with E-state index in [1.54, 1.807) is 0 Å². The summed E-state index contributed by atoms with van der Waals surface area (Å²) >= 11 is 0. The van der Waals surface area contributed by atoms with Gasteiger partial charge in [0.05, 0.1) is 17.9 Å². The number of likely N-dealkylation sites (tertiary alicyclic amines) is 1. The van der Waals surface area contributed by atoms with Crippen LogP contribution in [0.2, 0.25) is 0 Å². The van der Waals surface area contributed by atoms with Gasteiger partial charge in [0.1, 0.15) is 0 Å². The third kappa shape index (κ3) is 5.15. The molecule has 3 heterocycles. The van der Waals surface area contributed by atoms with Crippen molar-refractivity contribution in [1.82, 2.24) is 20.0 Å². The van der Waals surface area contributed by atoms with Crippen LogP contribution in [-0.4, -0.2) is 51.2 Å². The maximum Gasteiger partial charge on any atom is 0.238 e. The zero-order valence-electron chi connectivity index (χ0n) is 18.5. The van der Waals surface area contributed by atoms with E-state index < -0.39 is 0 Å². The molecule has 0 bridgehead atoms. The van der Waals surface area contributed by atoms with Crippen molar-refractivity contribution in [2.75, 3.05) is 11.9 Å². The molecule has 2 aliphatic rings. The van der Waals surface area contributed by atoms with Crippen LogP contribution in [0.25, 0.3) is 0 Å². The highest BCUT2D eigenvalue weighted by Crippen LogP contribution is 2.31. The van der Waals surface area contributed by atoms with Gasteiger partial charge in [-0.25, -0.2) is 0 Å². The normalized spacial score (nSPS) is 24.2. The predicted molar refractivity (Wildman–Crippen MR) is 121 cm³/mol. The summed E-state index contributed by atoms with van der Waals surface area (Å²) in [5.74, 6) is 0.118. The molecule has 0 aliphatic carbocycles. The van der Waals surface area contributed by atoms with E-state index in [-0.39, 0.29) is 29.9 Å². The average molecular weight is 424 g/mol. The molecule has 0 unspecified atom stereocenters. The smallest absolute Gasteiger partial charge is 0.238 e. The Balaban J connectivity index is 1.51. The molecule has 1 aromatic carbocycles. The first-order valence-corrected chi connectivity index (χ1v) is 11.5. The summed E-state index contributed by atoms with van der Waals surface area (Å²) in [5.41, 5.74) is 2.86. The first-order chi connectivity index (χ1) is 15.0. The van der Waals surface area contributed by atoms with Crippen LogP contribution in [0.1, 0.15) is 50.3 Å². The van der Waals surface area contributed by atoms with Crippen LogP contribution in [0.4, 0.5) is 5.69 Å². The molecule has 0 spiro atoms. The third-order valence-electron chi connectivity index (χ3n) is 6.57. The zero-order chi connectivity index (χ0) is 21.8. The lowest BCUT2D eigenvalue weighted by Gasteiger charge is -2.32. The summed E-state index contributed by atoms with van der Waals surface area (Å²) in [6.07, 6.45) is 7.19. The van der Waals surface area contributed by atoms with Gasteiger partial charge >= 0.3 is 0 Å². The Bertz CT molecular complexity index is 910. The number of anilines is 1. The summed E-state index contributed by atoms with van der Waals surface area (Å²) in [7, 11) is 0. The molecule has 1 aromatic heterocycles. The van der Waals surface area contributed by atoms with Gasteiger partial charge in [0.15, 0.2) is 0 Å². The number of fused-ring (bicyclic) bond motifs is 1. The number of carbonyl (C=O) groups is 2. The van der Waals surface area contributed by atoms with Gasteiger partial charge in [-0.2, -0.15) is 5.10 Å². The molecule has 0 saturated carbocycles. The van der Waals surface area contributed by atoms with Crippen LogP contribution in [0.15, 0.2) is 36.5 Å². The number of benzene rings is 1. The van der Waals surface area contributed by atoms with E-state index in [9.17, 15) is 9.59 Å². The first kappa shape index (κ1) is 21.6. The zero-order valence-corrected chi connectivity index (χ0v) is 18.5. The van der Waals surface area contributed by atoms with Crippen LogP contribution in [0.3, 0.4) is 0 Å². The molecule has 7 heteroatoms. The van der Waals surface area contributed by atoms with Crippen LogP contribution in [-0.2, 0) is 22.6 Å². The van der Waals surface area contributed by atoms with Crippen LogP contribution < -0.4 is 10.6 Å². The van der Waals surface area contributed by atoms with E-state index in [0.29, 0.717) is 13.0 Å². The van der Waals surface area contributed by atoms with E-state index >= 15 is 0 Å². The highest BCUT2D eigenvalue weighted by molar-refractivity contribution is 5.92. The van der Waals surface area contributed by atoms with Gasteiger partial charge in [0.25, 0.3) is 0 Å². The van der Waals surface area contributed by atoms with Gasteiger partial charge in [0.2, 0.25) is 11.8 Å². The van der Waals surface area contributed by atoms with Crippen molar-refractivity contribution >= 4 is 17.5 Å². The number of hydrogen-bond donors (Lipinski definition) is 2. The molecular formula is C24H33N5O2. The van der Waals surface area contributed by atoms with E-state index in [1.807, 2.05) is 30.8 Å². The lowest BCUT2D eigenvalue weighted by Crippen LogP contribution is -2.48. The van der Waals surface area contributed by atoms with E-state index in [4.69, 9.17) is 0 Å². The summed E-state index contributed by atoms with van der Waals surface area (Å²) in [6, 6.07) is 10.9. The van der Waals surface area contributed by atoms with E-state index in [0.717, 1.165) is 50.0 Å². The SMILES string of the molecule is CCn1cc(NC(=O)CN2[C@H](Cc3ccccc3)C[C@H]3NC(=O)CCCC[C@@H]32)c(C)n1. The molecule has 166 valence electrons. The Kier molecular flexibility index (Phi) is 6.70. The van der Waals surface area contributed by atoms with E-state index in [1.165, 1.54) is 5.56 Å². The molecule has 2 saturated heterocycles. The minimum absolute atomic E-state index is 0.0224. The lowest BCUT2D eigenvalue weighted by atomic mass is 9.97. The molecule has 7 nitrogen and oxygen atoms in total. The monoisotopic (exact) mass is 423 g/mol. The maximum atomic E-state index is 13.0. The van der Waals surface area contributed by atoms with E-state index in [2.05, 4.69) is 44.9 Å². The maximum absolute atomic E-state index is 13.0. The largest absolute Gasteiger partial charge is 0.352 e. The highest BCUT2D eigenvalue weighted by Gasteiger charge is 2.42. The topological polar surface area (TPSA) is 79.3 Å². The molecule has 2 N–H and O–H groups in total. The summed E-state index contributed by atoms with van der Waals surface area (Å²) in [5, 5.41) is 10.7. The second-order valence-electron chi connectivity index (χ2n) is 8.77. The molecule has 0 radical (unpaired) electrons. The molecular weight excluding hydrogens is 390 g/mol. The number of amides is 2. The number of carbonyl (C=O) groups excluding carboxylic acids is 2. The molecule has 4 rings (SSSR count). The van der Waals surface area contributed by atoms with Gasteiger partial charge in [-0.05, 0) is 45.1 Å². The molecule has 2 aliphatic heterocycles. The minimum Gasteiger partial charge on any atom is -0.352 e. The Morgan fingerprint density at radius 3 is 2.81 bits per heavy atom. The van der Waals surface area contributed by atoms with Crippen molar-refractivity contribution < 1.29 is 9.59 Å². The van der Waals surface area contributed by atoms with Gasteiger partial charge in [-0.1, -0.05) is 36.8 Å². The Labute approximate surface area is 184 Å². The number of hydrogen-bond acceptors (Lipinski definition) is 4. The quantitative estimate of drug-likeness (QED) is 0.749. The molecule has 2 fully saturated rings. The lowest BCUT2D eigenvalue weighted by molar-refractivity contribution is -0.122. The fraction of sp³-hybridized carbons (Fsp3) is 0.542. The second kappa shape index (κ2) is 9.64. The first-order valence-electron chi connectivity index (χ1n) is 11.5. The van der Waals surface area contributed by atoms with Crippen LogP contribution in [0, 0.1) is 6.92 Å². The number of aromatic nitrogens is 2. The van der Waals surface area contributed by atoms with Crippen LogP contribution in [0.5, 0.6) is 0 Å². The Morgan fingerprint density at radius 2 is 2.06 bits per heavy atom. The molecule has 2 aromatic rings. The van der Waals surface area contributed by atoms with Crippen molar-refractivity contribution in [2.45, 2.75) is 77.0 Å². The van der Waals surface area contributed by atoms with Crippen molar-refractivity contribution in [3.8, 4) is 0 Å². The number of rotatable bonds is 6. The van der Waals surface area contributed by atoms with Crippen molar-refractivity contribution in [3.63, 3.8) is 0 Å². The second-order valence-corrected chi connectivity index (χ2v) is 8.77. The summed E-state index contributed by atoms with van der Waals surface area (Å²) in [6.45, 7) is 5.03. The Hall–Kier alpha value is -2.67. The molecule has 3 atom stereocenters. The number of nitrogens with one attached hydrogen (secondary N) is 2. The summed E-state index contributed by atoms with van der Waals surface area (Å²) < 4.78 is 1.83. The Morgan fingerprint density at radius 1 is 1.26 bits per heavy atom. The third-order valence-corrected chi connectivity index (χ3v) is 6.57. The van der Waals surface area contributed by atoms with Gasteiger partial charge in [0, 0.05) is 37.3 Å². The number of nitrogens with zero attached hydrogens (tertiary/aromatic N) is 3. The highest BCUT2D eigenvalue weighted by atomic mass is 16.2. The van der Waals surface area contributed by atoms with Crippen molar-refractivity contribution in [1.29, 1.82) is 0 Å². The van der Waals surface area contributed by atoms with Crippen molar-refractivity contribution in [3.05, 3.63) is 47.8 Å². The standard InChI is InChI=1S/C24H33N5O2/c1-3-28-15-21(17(2)27-28)26-24(31)16-29-19(13-18-9-5-4-6-10-18)14-20-22(29)11-7-8-12-23(30)25-20/h4-6,9-10,15,19-20,22H,3,7-8,11-14,16H2,1-2H3,(H,25,30)(H,26,31)/t19-,20-,22+/m1/s1. The fourth-order valence-electron chi connectivity index (χ4n) is 5.02. The van der Waals surface area contributed by atoms with Gasteiger partial charge in [-0.15, -0.1) is 0 Å². The number of aryl methyl sites for hydroxylation is 2. The average Bonchev–Trinajstić information content (AvgIpc) is 3.24. The van der Waals surface area contributed by atoms with Crippen molar-refractivity contribution in [2.24, 2.45) is 0 Å². The van der Waals surface area contributed by atoms with Gasteiger partial charge in [-0.3, -0.25) is 19.2 Å². The van der Waals surface area contributed by atoms with Gasteiger partial charge < -0.3 is 10.6 Å².